The van der Waals surface area contributed by atoms with E-state index in [9.17, 15) is 0 Å². The second-order valence-corrected chi connectivity index (χ2v) is 5.69. The van der Waals surface area contributed by atoms with E-state index >= 15 is 0 Å². The lowest BCUT2D eigenvalue weighted by Gasteiger charge is -2.34. The molecule has 0 aromatic heterocycles. The summed E-state index contributed by atoms with van der Waals surface area (Å²) >= 11 is 0. The van der Waals surface area contributed by atoms with Crippen molar-refractivity contribution >= 4 is 0 Å². The van der Waals surface area contributed by atoms with Gasteiger partial charge in [0.1, 0.15) is 0 Å². The van der Waals surface area contributed by atoms with E-state index in [1.165, 1.54) is 11.1 Å². The minimum Gasteiger partial charge on any atom is -0.379 e. The van der Waals surface area contributed by atoms with Gasteiger partial charge in [0.2, 0.25) is 0 Å². The van der Waals surface area contributed by atoms with Crippen molar-refractivity contribution in [1.82, 2.24) is 5.32 Å². The summed E-state index contributed by atoms with van der Waals surface area (Å²) in [5, 5.41) is 3.66. The van der Waals surface area contributed by atoms with Gasteiger partial charge in [0.05, 0.1) is 25.4 Å². The Morgan fingerprint density at radius 3 is 2.76 bits per heavy atom. The molecule has 0 amide bonds. The largest absolute Gasteiger partial charge is 0.379 e. The Labute approximate surface area is 129 Å². The molecule has 1 aliphatic rings. The van der Waals surface area contributed by atoms with Crippen LogP contribution < -0.4 is 5.32 Å². The van der Waals surface area contributed by atoms with Gasteiger partial charge in [0, 0.05) is 6.61 Å². The van der Waals surface area contributed by atoms with Crippen LogP contribution in [0.5, 0.6) is 0 Å². The van der Waals surface area contributed by atoms with Crippen LogP contribution in [0.25, 0.3) is 0 Å². The van der Waals surface area contributed by atoms with Crippen molar-refractivity contribution in [2.24, 2.45) is 0 Å². The summed E-state index contributed by atoms with van der Waals surface area (Å²) in [6.07, 6.45) is 4.67. The normalized spacial score (nSPS) is 21.2. The van der Waals surface area contributed by atoms with Crippen molar-refractivity contribution in [1.29, 1.82) is 0 Å². The zero-order chi connectivity index (χ0) is 14.9. The molecule has 2 rings (SSSR count). The Morgan fingerprint density at radius 1 is 1.10 bits per heavy atom. The standard InChI is InChI=1S/C18H29NO2/c1-3-11-19-18-16-8-6-5-7-15(16)9-10-17(18)21-14-13-20-12-4-2/h5-8,17-19H,3-4,9-14H2,1-2H3. The molecule has 0 saturated carbocycles. The topological polar surface area (TPSA) is 30.5 Å². The fraction of sp³-hybridized carbons (Fsp3) is 0.667. The summed E-state index contributed by atoms with van der Waals surface area (Å²) in [7, 11) is 0. The van der Waals surface area contributed by atoms with Crippen LogP contribution in [0, 0.1) is 0 Å². The van der Waals surface area contributed by atoms with Gasteiger partial charge in [-0.25, -0.2) is 0 Å². The third-order valence-corrected chi connectivity index (χ3v) is 3.98. The van der Waals surface area contributed by atoms with Crippen molar-refractivity contribution < 1.29 is 9.47 Å². The SMILES string of the molecule is CCCNC1c2ccccc2CCC1OCCOCCC. The molecular weight excluding hydrogens is 262 g/mol. The fourth-order valence-electron chi connectivity index (χ4n) is 2.96. The molecule has 1 aromatic rings. The molecule has 0 radical (unpaired) electrons. The second kappa shape index (κ2) is 9.19. The molecule has 1 N–H and O–H groups in total. The molecule has 2 unspecified atom stereocenters. The van der Waals surface area contributed by atoms with E-state index in [-0.39, 0.29) is 6.10 Å². The van der Waals surface area contributed by atoms with Crippen LogP contribution >= 0.6 is 0 Å². The van der Waals surface area contributed by atoms with E-state index in [1.807, 2.05) is 0 Å². The molecule has 1 aromatic carbocycles. The van der Waals surface area contributed by atoms with E-state index in [0.717, 1.165) is 38.8 Å². The van der Waals surface area contributed by atoms with Crippen molar-refractivity contribution in [3.63, 3.8) is 0 Å². The van der Waals surface area contributed by atoms with Crippen LogP contribution in [0.15, 0.2) is 24.3 Å². The molecular formula is C18H29NO2. The molecule has 0 fully saturated rings. The summed E-state index contributed by atoms with van der Waals surface area (Å²) in [4.78, 5) is 0. The minimum absolute atomic E-state index is 0.261. The maximum atomic E-state index is 6.11. The average Bonchev–Trinajstić information content (AvgIpc) is 2.53. The van der Waals surface area contributed by atoms with Crippen LogP contribution in [0.2, 0.25) is 0 Å². The van der Waals surface area contributed by atoms with Crippen molar-refractivity contribution in [3.8, 4) is 0 Å². The van der Waals surface area contributed by atoms with Gasteiger partial charge in [-0.1, -0.05) is 38.1 Å². The smallest absolute Gasteiger partial charge is 0.0774 e. The first-order valence-corrected chi connectivity index (χ1v) is 8.37. The van der Waals surface area contributed by atoms with Crippen LogP contribution in [0.3, 0.4) is 0 Å². The van der Waals surface area contributed by atoms with Gasteiger partial charge in [-0.3, -0.25) is 0 Å². The van der Waals surface area contributed by atoms with Crippen LogP contribution in [-0.2, 0) is 15.9 Å². The van der Waals surface area contributed by atoms with E-state index in [0.29, 0.717) is 19.3 Å². The predicted octanol–water partition coefficient (Wildman–Crippen LogP) is 3.49. The lowest BCUT2D eigenvalue weighted by atomic mass is 9.85. The molecule has 0 aliphatic heterocycles. The monoisotopic (exact) mass is 291 g/mol. The summed E-state index contributed by atoms with van der Waals surface area (Å²) in [6, 6.07) is 9.07. The summed E-state index contributed by atoms with van der Waals surface area (Å²) in [5.41, 5.74) is 2.88. The quantitative estimate of drug-likeness (QED) is 0.707. The van der Waals surface area contributed by atoms with Gasteiger partial charge >= 0.3 is 0 Å². The van der Waals surface area contributed by atoms with Gasteiger partial charge in [0.25, 0.3) is 0 Å². The predicted molar refractivity (Wildman–Crippen MR) is 86.6 cm³/mol. The highest BCUT2D eigenvalue weighted by atomic mass is 16.5. The molecule has 1 aliphatic carbocycles. The minimum atomic E-state index is 0.261. The first kappa shape index (κ1) is 16.5. The Hall–Kier alpha value is -0.900. The third-order valence-electron chi connectivity index (χ3n) is 3.98. The number of nitrogens with one attached hydrogen (secondary N) is 1. The average molecular weight is 291 g/mol. The lowest BCUT2D eigenvalue weighted by Crippen LogP contribution is -2.38. The lowest BCUT2D eigenvalue weighted by molar-refractivity contribution is -0.0186. The van der Waals surface area contributed by atoms with E-state index < -0.39 is 0 Å². The molecule has 21 heavy (non-hydrogen) atoms. The van der Waals surface area contributed by atoms with Gasteiger partial charge in [-0.2, -0.15) is 0 Å². The highest BCUT2D eigenvalue weighted by molar-refractivity contribution is 5.33. The van der Waals surface area contributed by atoms with Gasteiger partial charge in [-0.05, 0) is 43.4 Å². The zero-order valence-electron chi connectivity index (χ0n) is 13.4. The Balaban J connectivity index is 1.93. The van der Waals surface area contributed by atoms with E-state index in [2.05, 4.69) is 43.4 Å². The maximum absolute atomic E-state index is 6.11. The summed E-state index contributed by atoms with van der Waals surface area (Å²) in [6.45, 7) is 7.59. The highest BCUT2D eigenvalue weighted by Gasteiger charge is 2.29. The van der Waals surface area contributed by atoms with Crippen LogP contribution in [0.4, 0.5) is 0 Å². The number of rotatable bonds is 9. The van der Waals surface area contributed by atoms with Gasteiger partial charge in [0.15, 0.2) is 0 Å². The van der Waals surface area contributed by atoms with Gasteiger partial charge in [-0.15, -0.1) is 0 Å². The Morgan fingerprint density at radius 2 is 1.95 bits per heavy atom. The molecule has 0 heterocycles. The molecule has 2 atom stereocenters. The van der Waals surface area contributed by atoms with Gasteiger partial charge < -0.3 is 14.8 Å². The first-order chi connectivity index (χ1) is 10.4. The third kappa shape index (κ3) is 4.80. The number of fused-ring (bicyclic) bond motifs is 1. The molecule has 0 bridgehead atoms. The van der Waals surface area contributed by atoms with Crippen molar-refractivity contribution in [2.75, 3.05) is 26.4 Å². The van der Waals surface area contributed by atoms with Crippen molar-refractivity contribution in [3.05, 3.63) is 35.4 Å². The molecule has 0 spiro atoms. The Kier molecular flexibility index (Phi) is 7.20. The maximum Gasteiger partial charge on any atom is 0.0774 e. The van der Waals surface area contributed by atoms with Crippen molar-refractivity contribution in [2.45, 2.75) is 51.7 Å². The molecule has 0 saturated heterocycles. The number of benzene rings is 1. The number of hydrogen-bond acceptors (Lipinski definition) is 3. The Bertz CT molecular complexity index is 408. The highest BCUT2D eigenvalue weighted by Crippen LogP contribution is 2.31. The molecule has 118 valence electrons. The summed E-state index contributed by atoms with van der Waals surface area (Å²) in [5.74, 6) is 0. The molecule has 3 heteroatoms. The first-order valence-electron chi connectivity index (χ1n) is 8.37. The van der Waals surface area contributed by atoms with E-state index in [1.54, 1.807) is 0 Å². The number of ether oxygens (including phenoxy) is 2. The number of aryl methyl sites for hydroxylation is 1. The number of hydrogen-bond donors (Lipinski definition) is 1. The fourth-order valence-corrected chi connectivity index (χ4v) is 2.96. The summed E-state index contributed by atoms with van der Waals surface area (Å²) < 4.78 is 11.6. The van der Waals surface area contributed by atoms with E-state index in [4.69, 9.17) is 9.47 Å². The van der Waals surface area contributed by atoms with Crippen LogP contribution in [-0.4, -0.2) is 32.5 Å². The van der Waals surface area contributed by atoms with Crippen LogP contribution in [0.1, 0.15) is 50.3 Å². The second-order valence-electron chi connectivity index (χ2n) is 5.69. The molecule has 3 nitrogen and oxygen atoms in total. The zero-order valence-corrected chi connectivity index (χ0v) is 13.4.